The maximum Gasteiger partial charge on any atom is 0.326 e. The second-order valence-electron chi connectivity index (χ2n) is 6.37. The molecule has 0 aromatic rings. The van der Waals surface area contributed by atoms with E-state index in [0.29, 0.717) is 37.5 Å². The molecule has 0 saturated carbocycles. The van der Waals surface area contributed by atoms with Crippen molar-refractivity contribution in [1.82, 2.24) is 5.32 Å². The molecule has 0 spiro atoms. The number of aliphatic imine (C=N–C) groups is 1. The van der Waals surface area contributed by atoms with E-state index in [4.69, 9.17) is 11.5 Å². The summed E-state index contributed by atoms with van der Waals surface area (Å²) < 4.78 is 0. The molecule has 0 aromatic carbocycles. The lowest BCUT2D eigenvalue weighted by molar-refractivity contribution is -0.142. The van der Waals surface area contributed by atoms with Crippen molar-refractivity contribution in [2.75, 3.05) is 6.54 Å². The van der Waals surface area contributed by atoms with Crippen LogP contribution in [0.3, 0.4) is 0 Å². The molecule has 1 fully saturated rings. The Morgan fingerprint density at radius 2 is 2.00 bits per heavy atom. The van der Waals surface area contributed by atoms with E-state index < -0.39 is 12.0 Å². The van der Waals surface area contributed by atoms with E-state index in [2.05, 4.69) is 17.2 Å². The van der Waals surface area contributed by atoms with Crippen LogP contribution in [0.4, 0.5) is 0 Å². The van der Waals surface area contributed by atoms with Gasteiger partial charge in [0.05, 0.1) is 0 Å². The summed E-state index contributed by atoms with van der Waals surface area (Å²) in [6, 6.07) is -0.839. The van der Waals surface area contributed by atoms with Crippen molar-refractivity contribution in [3.8, 4) is 0 Å². The zero-order valence-corrected chi connectivity index (χ0v) is 16.4. The number of amides is 1. The molecular formula is C16H30N4O3S2. The third kappa shape index (κ3) is 10.5. The number of aliphatic carboxylic acids is 1. The molecule has 7 nitrogen and oxygen atoms in total. The van der Waals surface area contributed by atoms with Gasteiger partial charge in [-0.3, -0.25) is 9.79 Å². The SMILES string of the molecule is CC1C[C@@H](CCCCC(=O)N[C@@H](CCCCN=C(N)N)C(=O)O)SS1. The van der Waals surface area contributed by atoms with Crippen LogP contribution in [0.1, 0.15) is 58.3 Å². The molecule has 9 heteroatoms. The Balaban J connectivity index is 2.15. The van der Waals surface area contributed by atoms with Crippen LogP contribution in [0.2, 0.25) is 0 Å². The number of hydrogen-bond acceptors (Lipinski definition) is 5. The molecule has 1 aliphatic rings. The predicted molar refractivity (Wildman–Crippen MR) is 106 cm³/mol. The highest BCUT2D eigenvalue weighted by Gasteiger charge is 2.23. The second-order valence-corrected chi connectivity index (χ2v) is 9.38. The Morgan fingerprint density at radius 3 is 2.60 bits per heavy atom. The van der Waals surface area contributed by atoms with Crippen LogP contribution in [0.15, 0.2) is 4.99 Å². The number of carboxylic acid groups (broad SMARTS) is 1. The first-order valence-corrected chi connectivity index (χ1v) is 11.1. The van der Waals surface area contributed by atoms with E-state index in [1.54, 1.807) is 0 Å². The highest BCUT2D eigenvalue weighted by Crippen LogP contribution is 2.45. The Kier molecular flexibility index (Phi) is 10.8. The van der Waals surface area contributed by atoms with E-state index in [9.17, 15) is 14.7 Å². The molecule has 0 aliphatic carbocycles. The van der Waals surface area contributed by atoms with E-state index in [1.165, 1.54) is 6.42 Å². The Labute approximate surface area is 157 Å². The number of nitrogens with one attached hydrogen (secondary N) is 1. The van der Waals surface area contributed by atoms with Crippen molar-refractivity contribution in [2.24, 2.45) is 16.5 Å². The zero-order chi connectivity index (χ0) is 18.7. The first kappa shape index (κ1) is 22.0. The second kappa shape index (κ2) is 12.3. The quantitative estimate of drug-likeness (QED) is 0.174. The Bertz CT molecular complexity index is 459. The number of unbranched alkanes of at least 4 members (excludes halogenated alkanes) is 2. The van der Waals surface area contributed by atoms with Gasteiger partial charge < -0.3 is 21.9 Å². The van der Waals surface area contributed by atoms with Gasteiger partial charge in [-0.25, -0.2) is 4.79 Å². The van der Waals surface area contributed by atoms with Gasteiger partial charge in [-0.15, -0.1) is 0 Å². The number of carboxylic acids is 1. The molecule has 1 heterocycles. The minimum Gasteiger partial charge on any atom is -0.480 e. The van der Waals surface area contributed by atoms with Gasteiger partial charge in [-0.05, 0) is 38.5 Å². The van der Waals surface area contributed by atoms with E-state index in [0.717, 1.165) is 24.5 Å². The fourth-order valence-electron chi connectivity index (χ4n) is 2.64. The molecule has 1 amide bonds. The normalized spacial score (nSPS) is 20.8. The predicted octanol–water partition coefficient (Wildman–Crippen LogP) is 2.10. The van der Waals surface area contributed by atoms with Crippen LogP contribution in [0, 0.1) is 0 Å². The molecule has 0 aromatic heterocycles. The molecule has 1 unspecified atom stereocenters. The minimum absolute atomic E-state index is 0.0344. The number of nitrogens with zero attached hydrogens (tertiary/aromatic N) is 1. The summed E-state index contributed by atoms with van der Waals surface area (Å²) in [7, 11) is 3.90. The van der Waals surface area contributed by atoms with Crippen LogP contribution in [0.5, 0.6) is 0 Å². The Hall–Kier alpha value is -1.09. The van der Waals surface area contributed by atoms with Crippen molar-refractivity contribution in [2.45, 2.75) is 74.8 Å². The van der Waals surface area contributed by atoms with E-state index in [-0.39, 0.29) is 11.9 Å². The molecule has 0 bridgehead atoms. The highest BCUT2D eigenvalue weighted by atomic mass is 33.1. The fraction of sp³-hybridized carbons (Fsp3) is 0.812. The lowest BCUT2D eigenvalue weighted by Crippen LogP contribution is -2.40. The van der Waals surface area contributed by atoms with Crippen molar-refractivity contribution in [1.29, 1.82) is 0 Å². The van der Waals surface area contributed by atoms with Crippen LogP contribution in [0.25, 0.3) is 0 Å². The maximum atomic E-state index is 11.9. The average molecular weight is 391 g/mol. The van der Waals surface area contributed by atoms with Gasteiger partial charge in [0.1, 0.15) is 6.04 Å². The molecule has 6 N–H and O–H groups in total. The van der Waals surface area contributed by atoms with Gasteiger partial charge in [-0.1, -0.05) is 34.9 Å². The van der Waals surface area contributed by atoms with Gasteiger partial charge in [0.15, 0.2) is 5.96 Å². The summed E-state index contributed by atoms with van der Waals surface area (Å²) in [5, 5.41) is 13.3. The highest BCUT2D eigenvalue weighted by molar-refractivity contribution is 8.77. The van der Waals surface area contributed by atoms with Crippen molar-refractivity contribution in [3.05, 3.63) is 0 Å². The summed E-state index contributed by atoms with van der Waals surface area (Å²) in [4.78, 5) is 27.0. The Morgan fingerprint density at radius 1 is 1.24 bits per heavy atom. The van der Waals surface area contributed by atoms with Gasteiger partial charge >= 0.3 is 5.97 Å². The summed E-state index contributed by atoms with van der Waals surface area (Å²) in [5.41, 5.74) is 10.5. The zero-order valence-electron chi connectivity index (χ0n) is 14.8. The van der Waals surface area contributed by atoms with Gasteiger partial charge in [0, 0.05) is 23.5 Å². The third-order valence-electron chi connectivity index (χ3n) is 3.96. The average Bonchev–Trinajstić information content (AvgIpc) is 2.95. The summed E-state index contributed by atoms with van der Waals surface area (Å²) in [6.07, 6.45) is 6.28. The molecule has 0 radical (unpaired) electrons. The van der Waals surface area contributed by atoms with E-state index >= 15 is 0 Å². The number of rotatable bonds is 12. The molecule has 3 atom stereocenters. The maximum absolute atomic E-state index is 11.9. The molecule has 25 heavy (non-hydrogen) atoms. The lowest BCUT2D eigenvalue weighted by atomic mass is 10.1. The van der Waals surface area contributed by atoms with Crippen LogP contribution in [-0.4, -0.2) is 46.0 Å². The van der Waals surface area contributed by atoms with Gasteiger partial charge in [-0.2, -0.15) is 0 Å². The van der Waals surface area contributed by atoms with Gasteiger partial charge in [0.25, 0.3) is 0 Å². The summed E-state index contributed by atoms with van der Waals surface area (Å²) in [5.74, 6) is -1.14. The number of hydrogen-bond donors (Lipinski definition) is 4. The number of nitrogens with two attached hydrogens (primary N) is 2. The van der Waals surface area contributed by atoms with Crippen molar-refractivity contribution >= 4 is 39.4 Å². The van der Waals surface area contributed by atoms with Gasteiger partial charge in [0.2, 0.25) is 5.91 Å². The molecule has 1 aliphatic heterocycles. The van der Waals surface area contributed by atoms with Crippen molar-refractivity contribution < 1.29 is 14.7 Å². The first-order chi connectivity index (χ1) is 11.9. The topological polar surface area (TPSA) is 131 Å². The largest absolute Gasteiger partial charge is 0.480 e. The lowest BCUT2D eigenvalue weighted by Gasteiger charge is -2.14. The fourth-order valence-corrected chi connectivity index (χ4v) is 5.85. The molecular weight excluding hydrogens is 360 g/mol. The monoisotopic (exact) mass is 390 g/mol. The van der Waals surface area contributed by atoms with Crippen molar-refractivity contribution in [3.63, 3.8) is 0 Å². The van der Waals surface area contributed by atoms with Crippen LogP contribution in [-0.2, 0) is 9.59 Å². The number of carbonyl (C=O) groups is 2. The summed E-state index contributed by atoms with van der Waals surface area (Å²) >= 11 is 0. The van der Waals surface area contributed by atoms with Crippen LogP contribution < -0.4 is 16.8 Å². The third-order valence-corrected chi connectivity index (χ3v) is 7.43. The molecule has 144 valence electrons. The smallest absolute Gasteiger partial charge is 0.326 e. The van der Waals surface area contributed by atoms with Crippen LogP contribution >= 0.6 is 21.6 Å². The molecule has 1 rings (SSSR count). The minimum atomic E-state index is -0.997. The number of carbonyl (C=O) groups excluding carboxylic acids is 1. The first-order valence-electron chi connectivity index (χ1n) is 8.78. The summed E-state index contributed by atoms with van der Waals surface area (Å²) in [6.45, 7) is 2.72. The standard InChI is InChI=1S/C16H30N4O3S2/c1-11-10-12(25-24-11)6-2-3-8-14(21)20-13(15(22)23)7-4-5-9-19-16(17)18/h11-13H,2-10H2,1H3,(H,20,21)(H,22,23)(H4,17,18,19)/t11?,12-,13+/m1/s1. The molecule has 1 saturated heterocycles. The number of guanidine groups is 1. The van der Waals surface area contributed by atoms with E-state index in [1.807, 2.05) is 21.6 Å².